The number of hydrogen-bond acceptors (Lipinski definition) is 3. The summed E-state index contributed by atoms with van der Waals surface area (Å²) in [6.45, 7) is 1.60. The Morgan fingerprint density at radius 1 is 1.50 bits per heavy atom. The van der Waals surface area contributed by atoms with Crippen LogP contribution in [0.15, 0.2) is 18.2 Å². The van der Waals surface area contributed by atoms with Crippen LogP contribution in [-0.4, -0.2) is 16.3 Å². The minimum atomic E-state index is -4.22. The summed E-state index contributed by atoms with van der Waals surface area (Å²) in [4.78, 5) is 4.88. The molecule has 2 nitrogen and oxygen atoms in total. The first kappa shape index (κ1) is 13.3. The lowest BCUT2D eigenvalue weighted by molar-refractivity contribution is -0.160. The molecule has 2 rings (SSSR count). The molecule has 0 bridgehead atoms. The highest BCUT2D eigenvalue weighted by Gasteiger charge is 2.38. The second-order valence-corrected chi connectivity index (χ2v) is 5.18. The molecule has 0 aromatic carbocycles. The lowest BCUT2D eigenvalue weighted by Crippen LogP contribution is -2.21. The topological polar surface area (TPSA) is 33.1 Å². The van der Waals surface area contributed by atoms with Crippen molar-refractivity contribution in [2.75, 3.05) is 0 Å². The second kappa shape index (κ2) is 4.85. The largest absolute Gasteiger partial charge is 0.395 e. The molecule has 1 aliphatic rings. The summed E-state index contributed by atoms with van der Waals surface area (Å²) in [5, 5.41) is 9.59. The fourth-order valence-corrected chi connectivity index (χ4v) is 2.68. The molecule has 1 unspecified atom stereocenters. The highest BCUT2D eigenvalue weighted by atomic mass is 32.1. The van der Waals surface area contributed by atoms with Crippen molar-refractivity contribution in [2.45, 2.75) is 26.1 Å². The van der Waals surface area contributed by atoms with Gasteiger partial charge in [-0.1, -0.05) is 18.2 Å². The predicted molar refractivity (Wildman–Crippen MR) is 64.1 cm³/mol. The Bertz CT molecular complexity index is 502. The van der Waals surface area contributed by atoms with E-state index in [4.69, 9.17) is 5.11 Å². The van der Waals surface area contributed by atoms with Crippen LogP contribution in [0.2, 0.25) is 0 Å². The first-order valence-electron chi connectivity index (χ1n) is 5.44. The zero-order chi connectivity index (χ0) is 13.3. The summed E-state index contributed by atoms with van der Waals surface area (Å²) < 4.78 is 37.9. The van der Waals surface area contributed by atoms with Crippen molar-refractivity contribution >= 4 is 16.9 Å². The van der Waals surface area contributed by atoms with Crippen LogP contribution >= 0.6 is 11.3 Å². The van der Waals surface area contributed by atoms with E-state index in [1.165, 1.54) is 23.5 Å². The molecule has 0 radical (unpaired) electrons. The third-order valence-corrected chi connectivity index (χ3v) is 3.96. The Kier molecular flexibility index (Phi) is 3.59. The van der Waals surface area contributed by atoms with Crippen molar-refractivity contribution < 1.29 is 18.3 Å². The van der Waals surface area contributed by atoms with E-state index in [1.807, 2.05) is 0 Å². The van der Waals surface area contributed by atoms with E-state index in [1.54, 1.807) is 13.0 Å². The molecule has 0 saturated heterocycles. The molecule has 0 spiro atoms. The zero-order valence-electron chi connectivity index (χ0n) is 9.66. The van der Waals surface area contributed by atoms with Gasteiger partial charge < -0.3 is 5.11 Å². The van der Waals surface area contributed by atoms with Crippen molar-refractivity contribution in [2.24, 2.45) is 5.92 Å². The number of thiazole rings is 1. The molecule has 0 aliphatic heterocycles. The molecule has 6 heteroatoms. The van der Waals surface area contributed by atoms with E-state index in [0.717, 1.165) is 0 Å². The third-order valence-electron chi connectivity index (χ3n) is 2.77. The van der Waals surface area contributed by atoms with Crippen LogP contribution in [0.5, 0.6) is 0 Å². The maximum atomic E-state index is 12.6. The summed E-state index contributed by atoms with van der Waals surface area (Å²) >= 11 is 1.23. The molecule has 1 atom stereocenters. The normalized spacial score (nSPS) is 20.1. The van der Waals surface area contributed by atoms with Gasteiger partial charge in [-0.2, -0.15) is 13.2 Å². The minimum absolute atomic E-state index is 0.0236. The van der Waals surface area contributed by atoms with Crippen molar-refractivity contribution in [1.29, 1.82) is 0 Å². The molecule has 1 N–H and O–H groups in total. The van der Waals surface area contributed by atoms with Crippen LogP contribution in [0.25, 0.3) is 5.57 Å². The standard InChI is InChI=1S/C12H12F3NOS/c1-7-10(6-17)18-11(16-7)8-3-2-4-9(5-8)12(13,14)15/h2-3,5,9,17H,4,6H2,1H3. The van der Waals surface area contributed by atoms with Crippen molar-refractivity contribution in [3.63, 3.8) is 0 Å². The molecule has 18 heavy (non-hydrogen) atoms. The third kappa shape index (κ3) is 2.64. The Morgan fingerprint density at radius 3 is 2.78 bits per heavy atom. The fraction of sp³-hybridized carbons (Fsp3) is 0.417. The van der Waals surface area contributed by atoms with Crippen LogP contribution < -0.4 is 0 Å². The van der Waals surface area contributed by atoms with E-state index in [9.17, 15) is 13.2 Å². The molecular weight excluding hydrogens is 263 g/mol. The average Bonchev–Trinajstić information content (AvgIpc) is 2.70. The average molecular weight is 275 g/mol. The molecule has 0 amide bonds. The second-order valence-electron chi connectivity index (χ2n) is 4.09. The van der Waals surface area contributed by atoms with Gasteiger partial charge in [-0.25, -0.2) is 4.98 Å². The van der Waals surface area contributed by atoms with Gasteiger partial charge in [0.2, 0.25) is 0 Å². The molecule has 1 aliphatic carbocycles. The van der Waals surface area contributed by atoms with Gasteiger partial charge in [0, 0.05) is 5.57 Å². The molecule has 1 aromatic heterocycles. The number of rotatable bonds is 2. The van der Waals surface area contributed by atoms with Gasteiger partial charge in [-0.05, 0) is 13.3 Å². The van der Waals surface area contributed by atoms with Gasteiger partial charge in [-0.15, -0.1) is 11.3 Å². The number of hydrogen-bond donors (Lipinski definition) is 1. The SMILES string of the molecule is Cc1nc(C2=CC(C(F)(F)F)CC=C2)sc1CO. The van der Waals surface area contributed by atoms with E-state index in [0.29, 0.717) is 21.2 Å². The van der Waals surface area contributed by atoms with Crippen LogP contribution in [0.1, 0.15) is 22.0 Å². The summed E-state index contributed by atoms with van der Waals surface area (Å²) in [7, 11) is 0. The Balaban J connectivity index is 2.32. The number of alkyl halides is 3. The zero-order valence-corrected chi connectivity index (χ0v) is 10.5. The van der Waals surface area contributed by atoms with Crippen molar-refractivity contribution in [1.82, 2.24) is 4.98 Å². The number of aliphatic hydroxyl groups excluding tert-OH is 1. The van der Waals surface area contributed by atoms with Crippen molar-refractivity contribution in [3.05, 3.63) is 33.8 Å². The van der Waals surface area contributed by atoms with Crippen LogP contribution in [-0.2, 0) is 6.61 Å². The van der Waals surface area contributed by atoms with E-state index < -0.39 is 12.1 Å². The molecule has 1 heterocycles. The Hall–Kier alpha value is -1.14. The van der Waals surface area contributed by atoms with Crippen LogP contribution in [0, 0.1) is 12.8 Å². The van der Waals surface area contributed by atoms with Crippen LogP contribution in [0.3, 0.4) is 0 Å². The van der Waals surface area contributed by atoms with Gasteiger partial charge >= 0.3 is 6.18 Å². The molecule has 0 fully saturated rings. The summed E-state index contributed by atoms with van der Waals surface area (Å²) in [5.41, 5.74) is 1.15. The van der Waals surface area contributed by atoms with Gasteiger partial charge in [0.05, 0.1) is 23.1 Å². The first-order chi connectivity index (χ1) is 8.41. The number of halogens is 3. The number of aliphatic hydroxyl groups is 1. The number of aryl methyl sites for hydroxylation is 1. The van der Waals surface area contributed by atoms with E-state index in [2.05, 4.69) is 4.98 Å². The fourth-order valence-electron chi connectivity index (χ4n) is 1.75. The maximum absolute atomic E-state index is 12.6. The predicted octanol–water partition coefficient (Wildman–Crippen LogP) is 3.47. The van der Waals surface area contributed by atoms with Crippen LogP contribution in [0.4, 0.5) is 13.2 Å². The number of nitrogens with zero attached hydrogens (tertiary/aromatic N) is 1. The highest BCUT2D eigenvalue weighted by Crippen LogP contribution is 2.37. The summed E-state index contributed by atoms with van der Waals surface area (Å²) in [6, 6.07) is 0. The Labute approximate surface area is 106 Å². The Morgan fingerprint density at radius 2 is 2.22 bits per heavy atom. The monoisotopic (exact) mass is 275 g/mol. The molecular formula is C12H12F3NOS. The van der Waals surface area contributed by atoms with E-state index >= 15 is 0 Å². The maximum Gasteiger partial charge on any atom is 0.395 e. The lowest BCUT2D eigenvalue weighted by atomic mass is 9.96. The smallest absolute Gasteiger partial charge is 0.391 e. The van der Waals surface area contributed by atoms with Gasteiger partial charge in [0.25, 0.3) is 0 Å². The van der Waals surface area contributed by atoms with Gasteiger partial charge in [-0.3, -0.25) is 0 Å². The molecule has 0 saturated carbocycles. The lowest BCUT2D eigenvalue weighted by Gasteiger charge is -2.18. The van der Waals surface area contributed by atoms with Gasteiger partial charge in [0.1, 0.15) is 5.01 Å². The van der Waals surface area contributed by atoms with Crippen molar-refractivity contribution in [3.8, 4) is 0 Å². The number of aromatic nitrogens is 1. The summed E-state index contributed by atoms with van der Waals surface area (Å²) in [6.07, 6.45) is 0.135. The molecule has 98 valence electrons. The van der Waals surface area contributed by atoms with Gasteiger partial charge in [0.15, 0.2) is 0 Å². The molecule has 1 aromatic rings. The first-order valence-corrected chi connectivity index (χ1v) is 6.26. The highest BCUT2D eigenvalue weighted by molar-refractivity contribution is 7.12. The van der Waals surface area contributed by atoms with E-state index in [-0.39, 0.29) is 13.0 Å². The quantitative estimate of drug-likeness (QED) is 0.896. The summed E-state index contributed by atoms with van der Waals surface area (Å²) in [5.74, 6) is -1.45. The minimum Gasteiger partial charge on any atom is -0.391 e. The number of allylic oxidation sites excluding steroid dienone is 4.